The number of fused-ring (bicyclic) bond motifs is 11. The zero-order valence-corrected chi connectivity index (χ0v) is 38.0. The second-order valence-electron chi connectivity index (χ2n) is 19.6. The fourth-order valence-corrected chi connectivity index (χ4v) is 11.9. The van der Waals surface area contributed by atoms with E-state index in [0.29, 0.717) is 0 Å². The molecule has 1 aliphatic carbocycles. The molecular formula is C65H48BN. The number of para-hydroxylation sites is 1. The standard InChI is InChI=1S/C65H48BN/c1-64(2,3)49-41-57-62-61(42-49)67(63-50(45-25-12-6-13-26-45)31-20-32-51(63)46-27-14-7-15-28-46)60-38-36-48(44-23-10-5-11-24-44)40-59(60)66(62)58-39-47(43-21-8-4-9-22-43)35-37-56(58)65(57)54-33-18-16-29-52(54)53-30-17-19-34-55(53)65/h4-42H,1-3H3. The fourth-order valence-electron chi connectivity index (χ4n) is 11.9. The first-order chi connectivity index (χ1) is 32.9. The molecule has 0 radical (unpaired) electrons. The largest absolute Gasteiger partial charge is 0.310 e. The molecule has 316 valence electrons. The van der Waals surface area contributed by atoms with Crippen molar-refractivity contribution in [3.05, 3.63) is 264 Å². The lowest BCUT2D eigenvalue weighted by molar-refractivity contribution is 0.588. The van der Waals surface area contributed by atoms with Crippen LogP contribution in [0.4, 0.5) is 17.1 Å². The molecule has 1 spiro atoms. The van der Waals surface area contributed by atoms with E-state index in [0.717, 1.165) is 0 Å². The lowest BCUT2D eigenvalue weighted by Crippen LogP contribution is -2.65. The zero-order chi connectivity index (χ0) is 44.9. The van der Waals surface area contributed by atoms with Crippen molar-refractivity contribution in [2.24, 2.45) is 0 Å². The topological polar surface area (TPSA) is 3.24 Å². The van der Waals surface area contributed by atoms with Gasteiger partial charge in [-0.15, -0.1) is 0 Å². The normalized spacial score (nSPS) is 13.7. The summed E-state index contributed by atoms with van der Waals surface area (Å²) in [5, 5.41) is 0. The van der Waals surface area contributed by atoms with E-state index in [1.165, 1.54) is 117 Å². The van der Waals surface area contributed by atoms with Crippen LogP contribution in [-0.2, 0) is 10.8 Å². The van der Waals surface area contributed by atoms with Gasteiger partial charge in [-0.1, -0.05) is 251 Å². The van der Waals surface area contributed by atoms with E-state index in [-0.39, 0.29) is 12.1 Å². The van der Waals surface area contributed by atoms with Crippen molar-refractivity contribution in [1.29, 1.82) is 0 Å². The maximum Gasteiger partial charge on any atom is 0.247 e. The Morgan fingerprint density at radius 1 is 0.343 bits per heavy atom. The first kappa shape index (κ1) is 39.4. The number of anilines is 3. The smallest absolute Gasteiger partial charge is 0.247 e. The molecule has 67 heavy (non-hydrogen) atoms. The molecule has 0 unspecified atom stereocenters. The van der Waals surface area contributed by atoms with Crippen molar-refractivity contribution in [3.8, 4) is 55.6 Å². The summed E-state index contributed by atoms with van der Waals surface area (Å²) in [5.74, 6) is 0. The maximum absolute atomic E-state index is 2.67. The molecule has 10 aromatic carbocycles. The molecule has 2 heterocycles. The predicted molar refractivity (Wildman–Crippen MR) is 284 cm³/mol. The monoisotopic (exact) mass is 853 g/mol. The Morgan fingerprint density at radius 2 is 0.806 bits per heavy atom. The Morgan fingerprint density at radius 3 is 1.34 bits per heavy atom. The van der Waals surface area contributed by atoms with Crippen LogP contribution in [0.2, 0.25) is 0 Å². The van der Waals surface area contributed by atoms with E-state index >= 15 is 0 Å². The molecule has 3 aliphatic rings. The van der Waals surface area contributed by atoms with Gasteiger partial charge in [0.1, 0.15) is 0 Å². The van der Waals surface area contributed by atoms with Crippen molar-refractivity contribution >= 4 is 40.2 Å². The van der Waals surface area contributed by atoms with E-state index in [1.807, 2.05) is 0 Å². The fraction of sp³-hybridized carbons (Fsp3) is 0.0769. The molecule has 1 nitrogen and oxygen atoms in total. The summed E-state index contributed by atoms with van der Waals surface area (Å²) in [6.07, 6.45) is 0. The minimum absolute atomic E-state index is 0.0674. The highest BCUT2D eigenvalue weighted by Crippen LogP contribution is 2.59. The van der Waals surface area contributed by atoms with Crippen molar-refractivity contribution in [3.63, 3.8) is 0 Å². The van der Waals surface area contributed by atoms with Gasteiger partial charge in [0.25, 0.3) is 0 Å². The van der Waals surface area contributed by atoms with Crippen LogP contribution in [-0.4, -0.2) is 6.71 Å². The van der Waals surface area contributed by atoms with Crippen LogP contribution < -0.4 is 21.3 Å². The molecule has 0 saturated carbocycles. The van der Waals surface area contributed by atoms with Crippen LogP contribution in [0.25, 0.3) is 55.6 Å². The van der Waals surface area contributed by atoms with Gasteiger partial charge in [-0.05, 0) is 101 Å². The average molecular weight is 854 g/mol. The number of rotatable bonds is 5. The Hall–Kier alpha value is -7.94. The summed E-state index contributed by atoms with van der Waals surface area (Å²) in [6.45, 7) is 7.07. The molecule has 0 bridgehead atoms. The molecule has 0 saturated heterocycles. The highest BCUT2D eigenvalue weighted by atomic mass is 15.2. The molecule has 0 fully saturated rings. The zero-order valence-electron chi connectivity index (χ0n) is 38.0. The summed E-state index contributed by atoms with van der Waals surface area (Å²) in [4.78, 5) is 2.67. The number of hydrogen-bond acceptors (Lipinski definition) is 1. The van der Waals surface area contributed by atoms with Crippen molar-refractivity contribution in [2.45, 2.75) is 31.6 Å². The predicted octanol–water partition coefficient (Wildman–Crippen LogP) is 14.6. The molecule has 2 heteroatoms. The molecule has 0 aromatic heterocycles. The highest BCUT2D eigenvalue weighted by Gasteiger charge is 2.55. The second-order valence-corrected chi connectivity index (χ2v) is 19.6. The van der Waals surface area contributed by atoms with Gasteiger partial charge in [0.2, 0.25) is 6.71 Å². The third-order valence-corrected chi connectivity index (χ3v) is 14.9. The Labute approximate surface area is 394 Å². The summed E-state index contributed by atoms with van der Waals surface area (Å²) >= 11 is 0. The van der Waals surface area contributed by atoms with Gasteiger partial charge in [0.05, 0.1) is 11.1 Å². The average Bonchev–Trinajstić information content (AvgIpc) is 3.68. The molecule has 10 aromatic rings. The SMILES string of the molecule is CC(C)(C)c1cc2c3c(c1)C1(c4ccc(-c5ccccc5)cc4B3c3cc(-c4ccccc4)ccc3N2c2c(-c3ccccc3)cccc2-c2ccccc2)c2ccccc2-c2ccccc21. The Kier molecular flexibility index (Phi) is 8.86. The molecule has 2 aliphatic heterocycles. The summed E-state index contributed by atoms with van der Waals surface area (Å²) in [5.41, 5.74) is 25.9. The summed E-state index contributed by atoms with van der Waals surface area (Å²) in [7, 11) is 0. The van der Waals surface area contributed by atoms with Crippen molar-refractivity contribution in [2.75, 3.05) is 4.90 Å². The minimum Gasteiger partial charge on any atom is -0.310 e. The van der Waals surface area contributed by atoms with Crippen LogP contribution in [0.15, 0.2) is 237 Å². The van der Waals surface area contributed by atoms with Gasteiger partial charge < -0.3 is 4.90 Å². The van der Waals surface area contributed by atoms with E-state index < -0.39 is 5.41 Å². The number of benzene rings is 10. The Balaban J connectivity index is 1.24. The molecular weight excluding hydrogens is 806 g/mol. The molecule has 0 amide bonds. The molecule has 0 N–H and O–H groups in total. The number of nitrogens with zero attached hydrogens (tertiary/aromatic N) is 1. The summed E-state index contributed by atoms with van der Waals surface area (Å²) in [6, 6.07) is 89.1. The van der Waals surface area contributed by atoms with E-state index in [2.05, 4.69) is 262 Å². The van der Waals surface area contributed by atoms with Gasteiger partial charge in [0, 0.05) is 22.5 Å². The Bertz CT molecular complexity index is 3450. The van der Waals surface area contributed by atoms with Crippen LogP contribution in [0.5, 0.6) is 0 Å². The first-order valence-corrected chi connectivity index (χ1v) is 23.7. The van der Waals surface area contributed by atoms with Crippen molar-refractivity contribution < 1.29 is 0 Å². The van der Waals surface area contributed by atoms with Gasteiger partial charge in [-0.25, -0.2) is 0 Å². The van der Waals surface area contributed by atoms with Gasteiger partial charge in [-0.2, -0.15) is 0 Å². The van der Waals surface area contributed by atoms with Gasteiger partial charge in [0.15, 0.2) is 0 Å². The van der Waals surface area contributed by atoms with Crippen LogP contribution in [0, 0.1) is 0 Å². The van der Waals surface area contributed by atoms with E-state index in [4.69, 9.17) is 0 Å². The van der Waals surface area contributed by atoms with Crippen molar-refractivity contribution in [1.82, 2.24) is 0 Å². The van der Waals surface area contributed by atoms with E-state index in [9.17, 15) is 0 Å². The third kappa shape index (κ3) is 5.89. The van der Waals surface area contributed by atoms with Crippen LogP contribution in [0.1, 0.15) is 48.6 Å². The quantitative estimate of drug-likeness (QED) is 0.156. The third-order valence-electron chi connectivity index (χ3n) is 14.9. The van der Waals surface area contributed by atoms with E-state index in [1.54, 1.807) is 0 Å². The maximum atomic E-state index is 2.67. The van der Waals surface area contributed by atoms with Gasteiger partial charge >= 0.3 is 0 Å². The lowest BCUT2D eigenvalue weighted by Gasteiger charge is -2.49. The van der Waals surface area contributed by atoms with Crippen LogP contribution >= 0.6 is 0 Å². The molecule has 13 rings (SSSR count). The number of hydrogen-bond donors (Lipinski definition) is 0. The second kappa shape index (κ2) is 15.1. The lowest BCUT2D eigenvalue weighted by atomic mass is 9.29. The minimum atomic E-state index is -0.582. The highest BCUT2D eigenvalue weighted by molar-refractivity contribution is 6.99. The molecule has 0 atom stereocenters. The first-order valence-electron chi connectivity index (χ1n) is 23.7. The van der Waals surface area contributed by atoms with Crippen LogP contribution in [0.3, 0.4) is 0 Å². The van der Waals surface area contributed by atoms with Gasteiger partial charge in [-0.3, -0.25) is 0 Å². The summed E-state index contributed by atoms with van der Waals surface area (Å²) < 4.78 is 0.